The summed E-state index contributed by atoms with van der Waals surface area (Å²) in [5, 5.41) is 7.95. The summed E-state index contributed by atoms with van der Waals surface area (Å²) in [5.41, 5.74) is 2.41. The molecule has 17 heavy (non-hydrogen) atoms. The Bertz CT molecular complexity index is 501. The molecule has 2 aromatic heterocycles. The molecule has 1 fully saturated rings. The highest BCUT2D eigenvalue weighted by molar-refractivity contribution is 5.53. The predicted molar refractivity (Wildman–Crippen MR) is 66.7 cm³/mol. The van der Waals surface area contributed by atoms with Crippen molar-refractivity contribution in [2.24, 2.45) is 5.92 Å². The topological polar surface area (TPSA) is 42.2 Å². The molecule has 0 radical (unpaired) electrons. The fourth-order valence-corrected chi connectivity index (χ4v) is 2.37. The van der Waals surface area contributed by atoms with Gasteiger partial charge in [-0.1, -0.05) is 19.8 Å². The van der Waals surface area contributed by atoms with Crippen molar-refractivity contribution in [3.05, 3.63) is 30.4 Å². The van der Waals surface area contributed by atoms with E-state index in [0.29, 0.717) is 6.04 Å². The first kappa shape index (κ1) is 10.7. The van der Waals surface area contributed by atoms with Crippen molar-refractivity contribution in [1.29, 1.82) is 0 Å². The van der Waals surface area contributed by atoms with E-state index in [1.54, 1.807) is 6.20 Å². The van der Waals surface area contributed by atoms with Crippen LogP contribution in [0.1, 0.15) is 37.8 Å². The Kier molecular flexibility index (Phi) is 2.81. The van der Waals surface area contributed by atoms with E-state index in [-0.39, 0.29) is 0 Å². The van der Waals surface area contributed by atoms with Crippen LogP contribution in [0.4, 0.5) is 0 Å². The molecule has 1 aliphatic rings. The van der Waals surface area contributed by atoms with Gasteiger partial charge in [-0.2, -0.15) is 5.10 Å². The first-order chi connectivity index (χ1) is 8.38. The monoisotopic (exact) mass is 230 g/mol. The lowest BCUT2D eigenvalue weighted by molar-refractivity contribution is 0.489. The largest absolute Gasteiger partial charge is 0.310 e. The van der Waals surface area contributed by atoms with Crippen LogP contribution in [0.25, 0.3) is 5.52 Å². The maximum atomic E-state index is 4.39. The van der Waals surface area contributed by atoms with Crippen molar-refractivity contribution in [2.75, 3.05) is 6.54 Å². The Hall–Kier alpha value is -1.42. The summed E-state index contributed by atoms with van der Waals surface area (Å²) >= 11 is 0. The lowest BCUT2D eigenvalue weighted by atomic mass is 10.0. The zero-order valence-electron chi connectivity index (χ0n) is 10.1. The summed E-state index contributed by atoms with van der Waals surface area (Å²) < 4.78 is 1.90. The molecular weight excluding hydrogens is 212 g/mol. The molecule has 1 N–H and O–H groups in total. The fraction of sp³-hybridized carbons (Fsp3) is 0.538. The number of aromatic nitrogens is 3. The normalized spacial score (nSPS) is 17.5. The molecule has 2 aromatic rings. The molecule has 0 amide bonds. The van der Waals surface area contributed by atoms with Crippen LogP contribution in [0, 0.1) is 5.92 Å². The maximum absolute atomic E-state index is 4.39. The van der Waals surface area contributed by atoms with Crippen molar-refractivity contribution in [2.45, 2.75) is 32.2 Å². The zero-order valence-corrected chi connectivity index (χ0v) is 10.1. The van der Waals surface area contributed by atoms with E-state index in [9.17, 15) is 0 Å². The van der Waals surface area contributed by atoms with Gasteiger partial charge in [0.05, 0.1) is 17.9 Å². The Labute approximate surface area is 101 Å². The highest BCUT2D eigenvalue weighted by Crippen LogP contribution is 2.38. The molecule has 1 saturated carbocycles. The summed E-state index contributed by atoms with van der Waals surface area (Å²) in [7, 11) is 0. The standard InChI is InChI=1S/C13H18N4/c1-2-15-12(7-10-3-4-10)11-8-16-17-6-5-14-9-13(11)17/h5-6,8-10,12,15H,2-4,7H2,1H3. The second-order valence-corrected chi connectivity index (χ2v) is 4.80. The molecule has 2 heterocycles. The molecule has 0 aromatic carbocycles. The molecule has 3 rings (SSSR count). The first-order valence-corrected chi connectivity index (χ1v) is 6.39. The van der Waals surface area contributed by atoms with Gasteiger partial charge in [0.1, 0.15) is 0 Å². The summed E-state index contributed by atoms with van der Waals surface area (Å²) in [6.07, 6.45) is 11.6. The Morgan fingerprint density at radius 2 is 2.35 bits per heavy atom. The van der Waals surface area contributed by atoms with E-state index in [1.165, 1.54) is 24.8 Å². The lowest BCUT2D eigenvalue weighted by Crippen LogP contribution is -2.21. The third kappa shape index (κ3) is 2.17. The minimum atomic E-state index is 0.425. The SMILES string of the molecule is CCNC(CC1CC1)c1cnn2ccncc12. The molecule has 4 nitrogen and oxygen atoms in total. The van der Waals surface area contributed by atoms with Crippen LogP contribution in [0.15, 0.2) is 24.8 Å². The number of nitrogens with one attached hydrogen (secondary N) is 1. The predicted octanol–water partition coefficient (Wildman–Crippen LogP) is 2.18. The minimum Gasteiger partial charge on any atom is -0.310 e. The van der Waals surface area contributed by atoms with Gasteiger partial charge in [-0.15, -0.1) is 0 Å². The third-order valence-corrected chi connectivity index (χ3v) is 3.45. The van der Waals surface area contributed by atoms with Gasteiger partial charge in [0, 0.05) is 24.0 Å². The van der Waals surface area contributed by atoms with Crippen LogP contribution in [-0.2, 0) is 0 Å². The lowest BCUT2D eigenvalue weighted by Gasteiger charge is -2.16. The summed E-state index contributed by atoms with van der Waals surface area (Å²) in [6, 6.07) is 0.425. The van der Waals surface area contributed by atoms with E-state index in [0.717, 1.165) is 18.0 Å². The van der Waals surface area contributed by atoms with E-state index >= 15 is 0 Å². The van der Waals surface area contributed by atoms with Crippen molar-refractivity contribution >= 4 is 5.52 Å². The molecule has 0 bridgehead atoms. The van der Waals surface area contributed by atoms with Crippen LogP contribution in [0.5, 0.6) is 0 Å². The molecule has 1 aliphatic carbocycles. The third-order valence-electron chi connectivity index (χ3n) is 3.45. The summed E-state index contributed by atoms with van der Waals surface area (Å²) in [6.45, 7) is 3.15. The smallest absolute Gasteiger partial charge is 0.0892 e. The molecule has 1 unspecified atom stereocenters. The quantitative estimate of drug-likeness (QED) is 0.856. The van der Waals surface area contributed by atoms with Crippen LogP contribution < -0.4 is 5.32 Å². The average molecular weight is 230 g/mol. The Balaban J connectivity index is 1.92. The molecule has 0 aliphatic heterocycles. The summed E-state index contributed by atoms with van der Waals surface area (Å²) in [5.74, 6) is 0.908. The Morgan fingerprint density at radius 1 is 1.47 bits per heavy atom. The second kappa shape index (κ2) is 4.45. The van der Waals surface area contributed by atoms with Crippen LogP contribution in [0.2, 0.25) is 0 Å². The first-order valence-electron chi connectivity index (χ1n) is 6.39. The van der Waals surface area contributed by atoms with Gasteiger partial charge in [0.25, 0.3) is 0 Å². The number of hydrogen-bond donors (Lipinski definition) is 1. The molecular formula is C13H18N4. The van der Waals surface area contributed by atoms with E-state index in [4.69, 9.17) is 0 Å². The number of hydrogen-bond acceptors (Lipinski definition) is 3. The fourth-order valence-electron chi connectivity index (χ4n) is 2.37. The van der Waals surface area contributed by atoms with E-state index in [1.807, 2.05) is 23.1 Å². The van der Waals surface area contributed by atoms with Gasteiger partial charge in [-0.05, 0) is 18.9 Å². The number of rotatable bonds is 5. The van der Waals surface area contributed by atoms with Crippen molar-refractivity contribution < 1.29 is 0 Å². The average Bonchev–Trinajstić information content (AvgIpc) is 3.07. The maximum Gasteiger partial charge on any atom is 0.0892 e. The van der Waals surface area contributed by atoms with Crippen LogP contribution in [0.3, 0.4) is 0 Å². The zero-order chi connectivity index (χ0) is 11.7. The van der Waals surface area contributed by atoms with Gasteiger partial charge >= 0.3 is 0 Å². The Morgan fingerprint density at radius 3 is 3.12 bits per heavy atom. The highest BCUT2D eigenvalue weighted by atomic mass is 15.2. The van der Waals surface area contributed by atoms with Gasteiger partial charge in [0.15, 0.2) is 0 Å². The number of fused-ring (bicyclic) bond motifs is 1. The molecule has 0 saturated heterocycles. The van der Waals surface area contributed by atoms with Crippen molar-refractivity contribution in [3.8, 4) is 0 Å². The van der Waals surface area contributed by atoms with E-state index < -0.39 is 0 Å². The van der Waals surface area contributed by atoms with Crippen LogP contribution in [-0.4, -0.2) is 21.1 Å². The van der Waals surface area contributed by atoms with E-state index in [2.05, 4.69) is 22.3 Å². The van der Waals surface area contributed by atoms with Crippen molar-refractivity contribution in [3.63, 3.8) is 0 Å². The van der Waals surface area contributed by atoms with Gasteiger partial charge < -0.3 is 5.32 Å². The highest BCUT2D eigenvalue weighted by Gasteiger charge is 2.27. The summed E-state index contributed by atoms with van der Waals surface area (Å²) in [4.78, 5) is 4.19. The molecule has 4 heteroatoms. The number of nitrogens with zero attached hydrogens (tertiary/aromatic N) is 3. The minimum absolute atomic E-state index is 0.425. The van der Waals surface area contributed by atoms with Crippen LogP contribution >= 0.6 is 0 Å². The van der Waals surface area contributed by atoms with Gasteiger partial charge in [-0.25, -0.2) is 4.52 Å². The van der Waals surface area contributed by atoms with Gasteiger partial charge in [0.2, 0.25) is 0 Å². The second-order valence-electron chi connectivity index (χ2n) is 4.80. The molecule has 90 valence electrons. The molecule has 1 atom stereocenters. The van der Waals surface area contributed by atoms with Crippen molar-refractivity contribution in [1.82, 2.24) is 19.9 Å². The molecule has 0 spiro atoms. The van der Waals surface area contributed by atoms with Gasteiger partial charge in [-0.3, -0.25) is 4.98 Å².